The third kappa shape index (κ3) is 4.62. The van der Waals surface area contributed by atoms with Crippen molar-refractivity contribution in [2.24, 2.45) is 11.7 Å². The minimum absolute atomic E-state index is 0.115. The van der Waals surface area contributed by atoms with E-state index in [2.05, 4.69) is 10.0 Å². The first kappa shape index (κ1) is 23.7. The maximum atomic E-state index is 13.3. The lowest BCUT2D eigenvalue weighted by atomic mass is 9.75. The Hall–Kier alpha value is -2.49. The van der Waals surface area contributed by atoms with Crippen molar-refractivity contribution in [3.8, 4) is 0 Å². The lowest BCUT2D eigenvalue weighted by molar-refractivity contribution is -0.147. The van der Waals surface area contributed by atoms with Gasteiger partial charge in [-0.1, -0.05) is 37.6 Å². The highest BCUT2D eigenvalue weighted by atomic mass is 32.2. The molecule has 1 saturated heterocycles. The zero-order chi connectivity index (χ0) is 23.6. The van der Waals surface area contributed by atoms with E-state index in [0.29, 0.717) is 17.2 Å². The van der Waals surface area contributed by atoms with E-state index in [1.807, 2.05) is 6.92 Å². The van der Waals surface area contributed by atoms with Crippen molar-refractivity contribution < 1.29 is 22.7 Å². The van der Waals surface area contributed by atoms with Gasteiger partial charge < -0.3 is 15.8 Å². The quantitative estimate of drug-likeness (QED) is 0.553. The van der Waals surface area contributed by atoms with Gasteiger partial charge >= 0.3 is 5.97 Å². The van der Waals surface area contributed by atoms with Crippen LogP contribution < -0.4 is 15.8 Å². The summed E-state index contributed by atoms with van der Waals surface area (Å²) in [6.45, 7) is 3.40. The van der Waals surface area contributed by atoms with Crippen LogP contribution in [0, 0.1) is 5.92 Å². The van der Waals surface area contributed by atoms with Gasteiger partial charge in [0.2, 0.25) is 10.0 Å². The van der Waals surface area contributed by atoms with Crippen LogP contribution in [0.1, 0.15) is 55.8 Å². The molecule has 1 saturated carbocycles. The molecule has 4 N–H and O–H groups in total. The van der Waals surface area contributed by atoms with E-state index in [1.165, 1.54) is 6.07 Å². The smallest absolute Gasteiger partial charge is 0.339 e. The van der Waals surface area contributed by atoms with Crippen LogP contribution in [0.5, 0.6) is 0 Å². The van der Waals surface area contributed by atoms with Gasteiger partial charge in [-0.2, -0.15) is 0 Å². The van der Waals surface area contributed by atoms with Crippen molar-refractivity contribution in [1.82, 2.24) is 10.0 Å². The van der Waals surface area contributed by atoms with E-state index >= 15 is 0 Å². The van der Waals surface area contributed by atoms with Crippen molar-refractivity contribution in [1.29, 1.82) is 0 Å². The third-order valence-electron chi connectivity index (χ3n) is 6.98. The number of carbonyl (C=O) groups is 2. The number of hydrogen-bond acceptors (Lipinski definition) is 6. The monoisotopic (exact) mass is 473 g/mol. The molecule has 2 aromatic rings. The molecule has 1 amide bonds. The number of nitrogens with two attached hydrogens (primary N) is 1. The van der Waals surface area contributed by atoms with Gasteiger partial charge in [-0.3, -0.25) is 4.79 Å². The number of primary amides is 1. The van der Waals surface area contributed by atoms with E-state index in [4.69, 9.17) is 10.5 Å². The molecule has 178 valence electrons. The molecule has 1 heterocycles. The molecule has 9 heteroatoms. The van der Waals surface area contributed by atoms with Crippen molar-refractivity contribution in [3.63, 3.8) is 0 Å². The highest BCUT2D eigenvalue weighted by Gasteiger charge is 2.47. The minimum atomic E-state index is -3.79. The molecule has 2 aliphatic rings. The second kappa shape index (κ2) is 9.40. The first-order valence-electron chi connectivity index (χ1n) is 11.5. The number of ether oxygens (including phenoxy) is 1. The number of carbonyl (C=O) groups excluding carboxylic acids is 2. The predicted molar refractivity (Wildman–Crippen MR) is 125 cm³/mol. The summed E-state index contributed by atoms with van der Waals surface area (Å²) in [6, 6.07) is 9.60. The molecule has 2 fully saturated rings. The van der Waals surface area contributed by atoms with Crippen molar-refractivity contribution in [3.05, 3.63) is 42.0 Å². The number of benzene rings is 2. The van der Waals surface area contributed by atoms with E-state index in [9.17, 15) is 18.0 Å². The van der Waals surface area contributed by atoms with Crippen LogP contribution in [-0.4, -0.2) is 45.0 Å². The topological polar surface area (TPSA) is 128 Å². The summed E-state index contributed by atoms with van der Waals surface area (Å²) in [4.78, 5) is 25.7. The number of rotatable bonds is 6. The summed E-state index contributed by atoms with van der Waals surface area (Å²) in [5.74, 6) is -1.50. The molecule has 4 rings (SSSR count). The summed E-state index contributed by atoms with van der Waals surface area (Å²) in [6.07, 6.45) is 4.27. The van der Waals surface area contributed by atoms with Crippen molar-refractivity contribution in [2.45, 2.75) is 62.0 Å². The molecule has 0 bridgehead atoms. The first-order valence-corrected chi connectivity index (χ1v) is 13.0. The summed E-state index contributed by atoms with van der Waals surface area (Å²) >= 11 is 0. The highest BCUT2D eigenvalue weighted by molar-refractivity contribution is 7.89. The van der Waals surface area contributed by atoms with Crippen LogP contribution >= 0.6 is 0 Å². The second-order valence-electron chi connectivity index (χ2n) is 9.09. The Labute approximate surface area is 194 Å². The molecule has 0 spiro atoms. The van der Waals surface area contributed by atoms with Gasteiger partial charge in [0.25, 0.3) is 5.91 Å². The Bertz CT molecular complexity index is 1160. The number of fused-ring (bicyclic) bond motifs is 1. The number of amides is 1. The van der Waals surface area contributed by atoms with Crippen LogP contribution in [0.3, 0.4) is 0 Å². The number of sulfonamides is 1. The molecule has 33 heavy (non-hydrogen) atoms. The number of esters is 1. The molecule has 2 atom stereocenters. The SMILES string of the molecule is CC1CCCCC1(OC(=O)c1cccc2c(S(=O)(=O)NC3CCNCC3)cccc12)C(N)=O. The molecule has 2 aromatic carbocycles. The van der Waals surface area contributed by atoms with Crippen LogP contribution in [0.25, 0.3) is 10.8 Å². The summed E-state index contributed by atoms with van der Waals surface area (Å²) < 4.78 is 35.0. The zero-order valence-electron chi connectivity index (χ0n) is 18.8. The number of nitrogens with one attached hydrogen (secondary N) is 2. The summed E-state index contributed by atoms with van der Waals surface area (Å²) in [7, 11) is -3.79. The van der Waals surface area contributed by atoms with E-state index in [1.54, 1.807) is 30.3 Å². The highest BCUT2D eigenvalue weighted by Crippen LogP contribution is 2.38. The normalized spacial score (nSPS) is 24.5. The molecular formula is C24H31N3O5S. The van der Waals surface area contributed by atoms with Gasteiger partial charge in [-0.25, -0.2) is 17.9 Å². The van der Waals surface area contributed by atoms with Crippen LogP contribution in [0.15, 0.2) is 41.3 Å². The maximum absolute atomic E-state index is 13.3. The lowest BCUT2D eigenvalue weighted by Crippen LogP contribution is -2.54. The summed E-state index contributed by atoms with van der Waals surface area (Å²) in [5, 5.41) is 4.10. The fourth-order valence-corrected chi connectivity index (χ4v) is 6.55. The minimum Gasteiger partial charge on any atom is -0.445 e. The van der Waals surface area contributed by atoms with Gasteiger partial charge in [0.1, 0.15) is 0 Å². The average molecular weight is 474 g/mol. The van der Waals surface area contributed by atoms with Crippen molar-refractivity contribution >= 4 is 32.7 Å². The van der Waals surface area contributed by atoms with E-state index in [-0.39, 0.29) is 22.4 Å². The average Bonchev–Trinajstić information content (AvgIpc) is 2.80. The van der Waals surface area contributed by atoms with Gasteiger partial charge in [0.05, 0.1) is 10.5 Å². The molecule has 1 aliphatic heterocycles. The number of hydrogen-bond donors (Lipinski definition) is 3. The van der Waals surface area contributed by atoms with E-state index in [0.717, 1.165) is 45.2 Å². The van der Waals surface area contributed by atoms with Gasteiger partial charge in [-0.15, -0.1) is 0 Å². The van der Waals surface area contributed by atoms with Crippen LogP contribution in [0.2, 0.25) is 0 Å². The fourth-order valence-electron chi connectivity index (χ4n) is 5.02. The molecular weight excluding hydrogens is 442 g/mol. The van der Waals surface area contributed by atoms with Crippen molar-refractivity contribution in [2.75, 3.05) is 13.1 Å². The Morgan fingerprint density at radius 1 is 1.06 bits per heavy atom. The largest absolute Gasteiger partial charge is 0.445 e. The second-order valence-corrected chi connectivity index (χ2v) is 10.8. The van der Waals surface area contributed by atoms with Gasteiger partial charge in [0, 0.05) is 17.3 Å². The van der Waals surface area contributed by atoms with E-state index < -0.39 is 27.5 Å². The Balaban J connectivity index is 1.69. The maximum Gasteiger partial charge on any atom is 0.339 e. The Morgan fingerprint density at radius 3 is 2.45 bits per heavy atom. The van der Waals surface area contributed by atoms with Crippen LogP contribution in [-0.2, 0) is 19.6 Å². The standard InChI is InChI=1S/C24H31N3O5S/c1-16-6-2-3-13-24(16,23(25)29)32-22(28)20-9-4-8-19-18(20)7-5-10-21(19)33(30,31)27-17-11-14-26-15-12-17/h4-5,7-10,16-17,26-27H,2-3,6,11-15H2,1H3,(H2,25,29). The van der Waals surface area contributed by atoms with Gasteiger partial charge in [-0.05, 0) is 62.7 Å². The summed E-state index contributed by atoms with van der Waals surface area (Å²) in [5.41, 5.74) is 4.56. The molecule has 0 radical (unpaired) electrons. The zero-order valence-corrected chi connectivity index (χ0v) is 19.6. The fraction of sp³-hybridized carbons (Fsp3) is 0.500. The van der Waals surface area contributed by atoms with Gasteiger partial charge in [0.15, 0.2) is 5.60 Å². The predicted octanol–water partition coefficient (Wildman–Crippen LogP) is 2.46. The lowest BCUT2D eigenvalue weighted by Gasteiger charge is -2.39. The molecule has 2 unspecified atom stereocenters. The Kier molecular flexibility index (Phi) is 6.74. The number of piperidine rings is 1. The first-order chi connectivity index (χ1) is 15.7. The molecule has 0 aromatic heterocycles. The third-order valence-corrected chi connectivity index (χ3v) is 8.55. The van der Waals surface area contributed by atoms with Crippen LogP contribution in [0.4, 0.5) is 0 Å². The molecule has 1 aliphatic carbocycles. The Morgan fingerprint density at radius 2 is 1.76 bits per heavy atom. The molecule has 8 nitrogen and oxygen atoms in total.